The summed E-state index contributed by atoms with van der Waals surface area (Å²) in [7, 11) is 1.56. The van der Waals surface area contributed by atoms with Gasteiger partial charge in [-0.1, -0.05) is 18.6 Å². The van der Waals surface area contributed by atoms with Crippen LogP contribution in [0.4, 0.5) is 0 Å². The number of carbonyl (C=O) groups is 2. The number of carbonyl (C=O) groups excluding carboxylic acids is 1. The Labute approximate surface area is 107 Å². The third-order valence-electron chi connectivity index (χ3n) is 2.69. The van der Waals surface area contributed by atoms with Gasteiger partial charge in [0.1, 0.15) is 5.75 Å². The Morgan fingerprint density at radius 1 is 1.17 bits per heavy atom. The average molecular weight is 250 g/mol. The highest BCUT2D eigenvalue weighted by Gasteiger charge is 2.06. The van der Waals surface area contributed by atoms with E-state index in [-0.39, 0.29) is 12.2 Å². The van der Waals surface area contributed by atoms with Crippen molar-refractivity contribution in [1.29, 1.82) is 0 Å². The van der Waals surface area contributed by atoms with E-state index in [1.165, 1.54) is 0 Å². The van der Waals surface area contributed by atoms with E-state index >= 15 is 0 Å². The minimum absolute atomic E-state index is 0.0734. The van der Waals surface area contributed by atoms with Gasteiger partial charge in [-0.15, -0.1) is 0 Å². The van der Waals surface area contributed by atoms with Crippen molar-refractivity contribution in [3.8, 4) is 5.75 Å². The molecule has 0 saturated heterocycles. The molecular formula is C14H18O4. The van der Waals surface area contributed by atoms with Crippen LogP contribution in [-0.4, -0.2) is 24.0 Å². The molecule has 0 bridgehead atoms. The molecule has 0 aliphatic carbocycles. The second-order valence-electron chi connectivity index (χ2n) is 4.11. The fraction of sp³-hybridized carbons (Fsp3) is 0.429. The number of ether oxygens (including phenoxy) is 1. The van der Waals surface area contributed by atoms with E-state index in [2.05, 4.69) is 0 Å². The molecule has 0 spiro atoms. The summed E-state index contributed by atoms with van der Waals surface area (Å²) < 4.78 is 5.06. The summed E-state index contributed by atoms with van der Waals surface area (Å²) in [5, 5.41) is 8.48. The zero-order valence-corrected chi connectivity index (χ0v) is 10.5. The number of methoxy groups -OCH3 is 1. The molecule has 0 fully saturated rings. The highest BCUT2D eigenvalue weighted by molar-refractivity contribution is 5.96. The van der Waals surface area contributed by atoms with Crippen LogP contribution in [0, 0.1) is 0 Å². The number of unbranched alkanes of at least 4 members (excludes halogenated alkanes) is 2. The number of Topliss-reactive ketones (excluding diaryl/α,β-unsaturated/α-hetero) is 1. The number of carboxylic acid groups (broad SMARTS) is 1. The smallest absolute Gasteiger partial charge is 0.303 e. The predicted molar refractivity (Wildman–Crippen MR) is 68.0 cm³/mol. The Kier molecular flexibility index (Phi) is 5.91. The molecule has 0 aliphatic heterocycles. The lowest BCUT2D eigenvalue weighted by Gasteiger charge is -2.03. The summed E-state index contributed by atoms with van der Waals surface area (Å²) >= 11 is 0. The standard InChI is InChI=1S/C14H18O4/c1-18-12-7-5-6-11(10-12)13(15)8-3-2-4-9-14(16)17/h5-7,10H,2-4,8-9H2,1H3,(H,16,17). The molecule has 0 radical (unpaired) electrons. The van der Waals surface area contributed by atoms with E-state index in [1.54, 1.807) is 31.4 Å². The Morgan fingerprint density at radius 2 is 1.89 bits per heavy atom. The maximum absolute atomic E-state index is 11.8. The monoisotopic (exact) mass is 250 g/mol. The summed E-state index contributed by atoms with van der Waals surface area (Å²) in [6.45, 7) is 0. The zero-order chi connectivity index (χ0) is 13.4. The van der Waals surface area contributed by atoms with Crippen LogP contribution in [0.25, 0.3) is 0 Å². The first-order valence-electron chi connectivity index (χ1n) is 6.02. The van der Waals surface area contributed by atoms with E-state index in [9.17, 15) is 9.59 Å². The van der Waals surface area contributed by atoms with Gasteiger partial charge in [0.15, 0.2) is 5.78 Å². The molecule has 0 saturated carbocycles. The van der Waals surface area contributed by atoms with Crippen LogP contribution in [-0.2, 0) is 4.79 Å². The van der Waals surface area contributed by atoms with Gasteiger partial charge < -0.3 is 9.84 Å². The van der Waals surface area contributed by atoms with Gasteiger partial charge in [-0.3, -0.25) is 9.59 Å². The van der Waals surface area contributed by atoms with E-state index in [1.807, 2.05) is 0 Å². The predicted octanol–water partition coefficient (Wildman–Crippen LogP) is 2.91. The molecule has 1 rings (SSSR count). The minimum Gasteiger partial charge on any atom is -0.497 e. The van der Waals surface area contributed by atoms with Crippen LogP contribution in [0.15, 0.2) is 24.3 Å². The number of hydrogen-bond acceptors (Lipinski definition) is 3. The lowest BCUT2D eigenvalue weighted by atomic mass is 10.0. The number of ketones is 1. The van der Waals surface area contributed by atoms with Crippen LogP contribution < -0.4 is 4.74 Å². The molecule has 1 N–H and O–H groups in total. The molecule has 0 unspecified atom stereocenters. The van der Waals surface area contributed by atoms with Gasteiger partial charge in [-0.05, 0) is 25.0 Å². The first-order valence-corrected chi connectivity index (χ1v) is 6.02. The second kappa shape index (κ2) is 7.48. The normalized spacial score (nSPS) is 10.1. The van der Waals surface area contributed by atoms with Crippen LogP contribution >= 0.6 is 0 Å². The van der Waals surface area contributed by atoms with Crippen molar-refractivity contribution in [1.82, 2.24) is 0 Å². The Hall–Kier alpha value is -1.84. The molecule has 4 nitrogen and oxygen atoms in total. The molecule has 18 heavy (non-hydrogen) atoms. The highest BCUT2D eigenvalue weighted by Crippen LogP contribution is 2.15. The molecule has 0 aromatic heterocycles. The van der Waals surface area contributed by atoms with Gasteiger partial charge >= 0.3 is 5.97 Å². The number of hydrogen-bond donors (Lipinski definition) is 1. The molecule has 0 atom stereocenters. The number of aliphatic carboxylic acids is 1. The Bertz CT molecular complexity index is 412. The fourth-order valence-corrected chi connectivity index (χ4v) is 1.68. The van der Waals surface area contributed by atoms with Gasteiger partial charge in [0.05, 0.1) is 7.11 Å². The van der Waals surface area contributed by atoms with Crippen LogP contribution in [0.5, 0.6) is 5.75 Å². The average Bonchev–Trinajstić information content (AvgIpc) is 2.37. The summed E-state index contributed by atoms with van der Waals surface area (Å²) in [6, 6.07) is 7.07. The molecule has 4 heteroatoms. The van der Waals surface area contributed by atoms with Gasteiger partial charge in [0, 0.05) is 18.4 Å². The van der Waals surface area contributed by atoms with Crippen LogP contribution in [0.2, 0.25) is 0 Å². The fourth-order valence-electron chi connectivity index (χ4n) is 1.68. The summed E-state index contributed by atoms with van der Waals surface area (Å²) in [6.07, 6.45) is 2.74. The topological polar surface area (TPSA) is 63.6 Å². The highest BCUT2D eigenvalue weighted by atomic mass is 16.5. The Balaban J connectivity index is 2.33. The van der Waals surface area contributed by atoms with E-state index in [4.69, 9.17) is 9.84 Å². The van der Waals surface area contributed by atoms with Crippen molar-refractivity contribution in [2.24, 2.45) is 0 Å². The molecule has 1 aromatic rings. The molecule has 0 heterocycles. The molecule has 98 valence electrons. The van der Waals surface area contributed by atoms with Crippen LogP contribution in [0.1, 0.15) is 42.5 Å². The van der Waals surface area contributed by atoms with Crippen molar-refractivity contribution in [2.75, 3.05) is 7.11 Å². The second-order valence-corrected chi connectivity index (χ2v) is 4.11. The maximum atomic E-state index is 11.8. The Morgan fingerprint density at radius 3 is 2.56 bits per heavy atom. The quantitative estimate of drug-likeness (QED) is 0.569. The summed E-state index contributed by atoms with van der Waals surface area (Å²) in [5.41, 5.74) is 0.646. The van der Waals surface area contributed by atoms with E-state index in [0.29, 0.717) is 24.2 Å². The van der Waals surface area contributed by atoms with Gasteiger partial charge in [-0.2, -0.15) is 0 Å². The van der Waals surface area contributed by atoms with Crippen molar-refractivity contribution in [3.05, 3.63) is 29.8 Å². The number of benzene rings is 1. The first kappa shape index (κ1) is 14.2. The largest absolute Gasteiger partial charge is 0.497 e. The van der Waals surface area contributed by atoms with Crippen molar-refractivity contribution >= 4 is 11.8 Å². The summed E-state index contributed by atoms with van der Waals surface area (Å²) in [5.74, 6) is -0.0370. The lowest BCUT2D eigenvalue weighted by Crippen LogP contribution is -2.00. The molecule has 0 aliphatic rings. The molecular weight excluding hydrogens is 232 g/mol. The van der Waals surface area contributed by atoms with Gasteiger partial charge in [-0.25, -0.2) is 0 Å². The third kappa shape index (κ3) is 4.99. The number of rotatable bonds is 8. The summed E-state index contributed by atoms with van der Waals surface area (Å²) in [4.78, 5) is 22.1. The minimum atomic E-state index is -0.783. The van der Waals surface area contributed by atoms with Crippen molar-refractivity contribution in [2.45, 2.75) is 32.1 Å². The van der Waals surface area contributed by atoms with Crippen LogP contribution in [0.3, 0.4) is 0 Å². The SMILES string of the molecule is COc1cccc(C(=O)CCCCCC(=O)O)c1. The zero-order valence-electron chi connectivity index (χ0n) is 10.5. The maximum Gasteiger partial charge on any atom is 0.303 e. The molecule has 0 amide bonds. The van der Waals surface area contributed by atoms with E-state index < -0.39 is 5.97 Å². The third-order valence-corrected chi connectivity index (χ3v) is 2.69. The van der Waals surface area contributed by atoms with Crippen molar-refractivity contribution < 1.29 is 19.4 Å². The first-order chi connectivity index (χ1) is 8.63. The van der Waals surface area contributed by atoms with Crippen molar-refractivity contribution in [3.63, 3.8) is 0 Å². The van der Waals surface area contributed by atoms with E-state index in [0.717, 1.165) is 12.8 Å². The molecule has 1 aromatic carbocycles. The van der Waals surface area contributed by atoms with Gasteiger partial charge in [0.2, 0.25) is 0 Å². The number of carboxylic acids is 1. The van der Waals surface area contributed by atoms with Gasteiger partial charge in [0.25, 0.3) is 0 Å². The lowest BCUT2D eigenvalue weighted by molar-refractivity contribution is -0.137.